The second-order valence-electron chi connectivity index (χ2n) is 4.49. The standard InChI is InChI=1S/C15H16O4Si/c1-10(16)18-15(19-11(2)17)20-14-9-5-7-12-6-3-4-8-13(12)14/h3-9,15H,20H2,1-2H3. The van der Waals surface area contributed by atoms with Gasteiger partial charge in [0.2, 0.25) is 5.91 Å². The lowest BCUT2D eigenvalue weighted by Crippen LogP contribution is -2.35. The molecule has 0 unspecified atom stereocenters. The predicted molar refractivity (Wildman–Crippen MR) is 79.4 cm³/mol. The third-order valence-electron chi connectivity index (χ3n) is 2.86. The van der Waals surface area contributed by atoms with Crippen LogP contribution in [0.5, 0.6) is 0 Å². The molecule has 5 heteroatoms. The number of esters is 2. The molecule has 2 rings (SSSR count). The first-order valence-electron chi connectivity index (χ1n) is 6.37. The van der Waals surface area contributed by atoms with Crippen molar-refractivity contribution in [3.8, 4) is 0 Å². The van der Waals surface area contributed by atoms with Gasteiger partial charge in [0.25, 0.3) is 0 Å². The van der Waals surface area contributed by atoms with Gasteiger partial charge in [-0.3, -0.25) is 9.59 Å². The number of fused-ring (bicyclic) bond motifs is 1. The fourth-order valence-corrected chi connectivity index (χ4v) is 3.94. The van der Waals surface area contributed by atoms with E-state index >= 15 is 0 Å². The quantitative estimate of drug-likeness (QED) is 0.479. The van der Waals surface area contributed by atoms with Gasteiger partial charge in [-0.05, 0) is 10.8 Å². The second-order valence-corrected chi connectivity index (χ2v) is 6.33. The van der Waals surface area contributed by atoms with Gasteiger partial charge in [-0.1, -0.05) is 47.7 Å². The first-order chi connectivity index (χ1) is 9.56. The summed E-state index contributed by atoms with van der Waals surface area (Å²) in [6.07, 6.45) is 0. The van der Waals surface area contributed by atoms with E-state index in [0.717, 1.165) is 16.0 Å². The smallest absolute Gasteiger partial charge is 0.305 e. The van der Waals surface area contributed by atoms with Crippen molar-refractivity contribution >= 4 is 37.4 Å². The van der Waals surface area contributed by atoms with Gasteiger partial charge in [0, 0.05) is 13.8 Å². The van der Waals surface area contributed by atoms with E-state index in [9.17, 15) is 9.59 Å². The molecule has 4 nitrogen and oxygen atoms in total. The molecule has 0 bridgehead atoms. The summed E-state index contributed by atoms with van der Waals surface area (Å²) in [5, 5.41) is 3.35. The van der Waals surface area contributed by atoms with Crippen molar-refractivity contribution in [2.24, 2.45) is 0 Å². The maximum atomic E-state index is 11.1. The van der Waals surface area contributed by atoms with E-state index in [1.807, 2.05) is 42.5 Å². The second kappa shape index (κ2) is 6.34. The molecule has 20 heavy (non-hydrogen) atoms. The molecule has 0 saturated heterocycles. The molecule has 0 aliphatic rings. The van der Waals surface area contributed by atoms with Crippen LogP contribution in [0.3, 0.4) is 0 Å². The molecule has 0 heterocycles. The summed E-state index contributed by atoms with van der Waals surface area (Å²) < 4.78 is 10.2. The van der Waals surface area contributed by atoms with Crippen LogP contribution in [0.25, 0.3) is 10.8 Å². The molecule has 0 spiro atoms. The van der Waals surface area contributed by atoms with Crippen LogP contribution in [-0.4, -0.2) is 27.4 Å². The molecule has 104 valence electrons. The summed E-state index contributed by atoms with van der Waals surface area (Å²) in [5.41, 5.74) is 0. The zero-order valence-corrected chi connectivity index (χ0v) is 12.9. The Morgan fingerprint density at radius 2 is 1.55 bits per heavy atom. The fraction of sp³-hybridized carbons (Fsp3) is 0.200. The van der Waals surface area contributed by atoms with Gasteiger partial charge in [-0.15, -0.1) is 0 Å². The van der Waals surface area contributed by atoms with E-state index in [1.165, 1.54) is 13.8 Å². The molecule has 0 aromatic heterocycles. The summed E-state index contributed by atoms with van der Waals surface area (Å²) in [4.78, 5) is 22.2. The maximum Gasteiger partial charge on any atom is 0.305 e. The first kappa shape index (κ1) is 14.3. The zero-order chi connectivity index (χ0) is 14.5. The van der Waals surface area contributed by atoms with Gasteiger partial charge in [0.05, 0.1) is 0 Å². The van der Waals surface area contributed by atoms with Crippen molar-refractivity contribution in [2.75, 3.05) is 0 Å². The number of hydrogen-bond acceptors (Lipinski definition) is 4. The van der Waals surface area contributed by atoms with Crippen molar-refractivity contribution in [3.63, 3.8) is 0 Å². The zero-order valence-electron chi connectivity index (χ0n) is 11.5. The van der Waals surface area contributed by atoms with Gasteiger partial charge in [0.1, 0.15) is 0 Å². The van der Waals surface area contributed by atoms with Gasteiger partial charge < -0.3 is 9.47 Å². The van der Waals surface area contributed by atoms with E-state index in [-0.39, 0.29) is 0 Å². The maximum absolute atomic E-state index is 11.1. The van der Waals surface area contributed by atoms with Crippen LogP contribution >= 0.6 is 0 Å². The Kier molecular flexibility index (Phi) is 4.52. The van der Waals surface area contributed by atoms with Crippen LogP contribution in [0.15, 0.2) is 42.5 Å². The van der Waals surface area contributed by atoms with Crippen molar-refractivity contribution in [1.29, 1.82) is 0 Å². The third kappa shape index (κ3) is 3.68. The van der Waals surface area contributed by atoms with Crippen molar-refractivity contribution in [2.45, 2.75) is 19.8 Å². The van der Waals surface area contributed by atoms with Gasteiger partial charge in [-0.2, -0.15) is 0 Å². The minimum Gasteiger partial charge on any atom is -0.430 e. The van der Waals surface area contributed by atoms with E-state index < -0.39 is 27.4 Å². The van der Waals surface area contributed by atoms with Crippen LogP contribution in [-0.2, 0) is 19.1 Å². The molecule has 0 fully saturated rings. The summed E-state index contributed by atoms with van der Waals surface area (Å²) in [6, 6.07) is 14.0. The van der Waals surface area contributed by atoms with Crippen LogP contribution in [0.2, 0.25) is 0 Å². The molecule has 0 aliphatic carbocycles. The summed E-state index contributed by atoms with van der Waals surface area (Å²) >= 11 is 0. The molecular formula is C15H16O4Si. The Morgan fingerprint density at radius 1 is 0.950 bits per heavy atom. The Balaban J connectivity index is 2.27. The summed E-state index contributed by atoms with van der Waals surface area (Å²) in [7, 11) is -1.09. The molecular weight excluding hydrogens is 272 g/mol. The summed E-state index contributed by atoms with van der Waals surface area (Å²) in [6.45, 7) is 2.63. The molecule has 0 amide bonds. The molecule has 0 saturated carbocycles. The lowest BCUT2D eigenvalue weighted by Gasteiger charge is -2.17. The third-order valence-corrected chi connectivity index (χ3v) is 4.58. The average molecular weight is 288 g/mol. The SMILES string of the molecule is CC(=O)OC(OC(C)=O)[SiH2]c1cccc2ccccc12. The minimum absolute atomic E-state index is 0.441. The Morgan fingerprint density at radius 3 is 2.20 bits per heavy atom. The summed E-state index contributed by atoms with van der Waals surface area (Å²) in [5.74, 6) is -1.64. The Bertz CT molecular complexity index is 617. The number of ether oxygens (including phenoxy) is 2. The Hall–Kier alpha value is -2.14. The van der Waals surface area contributed by atoms with Crippen molar-refractivity contribution in [1.82, 2.24) is 0 Å². The van der Waals surface area contributed by atoms with Crippen LogP contribution in [0, 0.1) is 0 Å². The molecule has 0 N–H and O–H groups in total. The number of hydrogen-bond donors (Lipinski definition) is 0. The molecule has 0 atom stereocenters. The number of carbonyl (C=O) groups excluding carboxylic acids is 2. The van der Waals surface area contributed by atoms with E-state index in [2.05, 4.69) is 0 Å². The monoisotopic (exact) mass is 288 g/mol. The highest BCUT2D eigenvalue weighted by atomic mass is 28.2. The van der Waals surface area contributed by atoms with E-state index in [1.54, 1.807) is 0 Å². The van der Waals surface area contributed by atoms with E-state index in [0.29, 0.717) is 0 Å². The first-order valence-corrected chi connectivity index (χ1v) is 7.89. The molecule has 2 aromatic carbocycles. The topological polar surface area (TPSA) is 52.6 Å². The van der Waals surface area contributed by atoms with Gasteiger partial charge in [0.15, 0.2) is 9.52 Å². The van der Waals surface area contributed by atoms with E-state index in [4.69, 9.17) is 9.47 Å². The normalized spacial score (nSPS) is 11.2. The highest BCUT2D eigenvalue weighted by Crippen LogP contribution is 2.11. The molecule has 0 radical (unpaired) electrons. The van der Waals surface area contributed by atoms with Gasteiger partial charge >= 0.3 is 11.9 Å². The van der Waals surface area contributed by atoms with Crippen LogP contribution < -0.4 is 5.19 Å². The van der Waals surface area contributed by atoms with Gasteiger partial charge in [-0.25, -0.2) is 0 Å². The molecule has 2 aromatic rings. The van der Waals surface area contributed by atoms with Crippen LogP contribution in [0.4, 0.5) is 0 Å². The number of benzene rings is 2. The van der Waals surface area contributed by atoms with Crippen molar-refractivity contribution in [3.05, 3.63) is 42.5 Å². The van der Waals surface area contributed by atoms with Crippen LogP contribution in [0.1, 0.15) is 13.8 Å². The highest BCUT2D eigenvalue weighted by molar-refractivity contribution is 6.58. The van der Waals surface area contributed by atoms with Crippen molar-refractivity contribution < 1.29 is 19.1 Å². The predicted octanol–water partition coefficient (Wildman–Crippen LogP) is 1.04. The number of carbonyl (C=O) groups is 2. The fourth-order valence-electron chi connectivity index (χ4n) is 2.13. The lowest BCUT2D eigenvalue weighted by molar-refractivity contribution is -0.171. The lowest BCUT2D eigenvalue weighted by atomic mass is 10.1. The average Bonchev–Trinajstić information content (AvgIpc) is 2.37. The largest absolute Gasteiger partial charge is 0.430 e. The highest BCUT2D eigenvalue weighted by Gasteiger charge is 2.17. The number of rotatable bonds is 4. The Labute approximate surface area is 119 Å². The molecule has 0 aliphatic heterocycles. The minimum atomic E-state index is -1.09.